The van der Waals surface area contributed by atoms with Gasteiger partial charge in [-0.2, -0.15) is 0 Å². The molecule has 0 spiro atoms. The van der Waals surface area contributed by atoms with Crippen LogP contribution in [-0.4, -0.2) is 25.5 Å². The first-order chi connectivity index (χ1) is 5.95. The fraction of sp³-hybridized carbons (Fsp3) is 0.889. The fourth-order valence-corrected chi connectivity index (χ4v) is 1.62. The van der Waals surface area contributed by atoms with Crippen LogP contribution in [0.1, 0.15) is 26.7 Å². The van der Waals surface area contributed by atoms with Crippen molar-refractivity contribution in [1.82, 2.24) is 5.32 Å². The van der Waals surface area contributed by atoms with Crippen molar-refractivity contribution in [2.24, 2.45) is 16.9 Å². The first kappa shape index (κ1) is 12.4. The summed E-state index contributed by atoms with van der Waals surface area (Å²) in [5.41, 5.74) is 10.6. The first-order valence-electron chi connectivity index (χ1n) is 4.62. The van der Waals surface area contributed by atoms with E-state index in [2.05, 4.69) is 5.32 Å². The standard InChI is InChI=1S/C9H21N3O/c1-9(2,5-4-6-10)7(12-3)8(11)13/h7,12H,4-6,10H2,1-3H3,(H2,11,13)/t7-/m1/s1. The van der Waals surface area contributed by atoms with Crippen molar-refractivity contribution in [3.05, 3.63) is 0 Å². The number of amides is 1. The Morgan fingerprint density at radius 3 is 2.38 bits per heavy atom. The Morgan fingerprint density at radius 1 is 1.54 bits per heavy atom. The maximum atomic E-state index is 11.1. The van der Waals surface area contributed by atoms with Crippen LogP contribution in [0.15, 0.2) is 0 Å². The Bertz CT molecular complexity index is 168. The molecule has 0 saturated heterocycles. The molecule has 13 heavy (non-hydrogen) atoms. The van der Waals surface area contributed by atoms with Gasteiger partial charge in [-0.25, -0.2) is 0 Å². The number of rotatable bonds is 6. The molecule has 0 radical (unpaired) electrons. The van der Waals surface area contributed by atoms with Gasteiger partial charge in [0.1, 0.15) is 0 Å². The molecule has 0 fully saturated rings. The predicted molar refractivity (Wildman–Crippen MR) is 54.1 cm³/mol. The van der Waals surface area contributed by atoms with Gasteiger partial charge in [0.25, 0.3) is 0 Å². The van der Waals surface area contributed by atoms with Gasteiger partial charge in [0.05, 0.1) is 6.04 Å². The van der Waals surface area contributed by atoms with Gasteiger partial charge in [0.2, 0.25) is 5.91 Å². The summed E-state index contributed by atoms with van der Waals surface area (Å²) in [6.07, 6.45) is 1.82. The second-order valence-electron chi connectivity index (χ2n) is 4.00. The number of likely N-dealkylation sites (N-methyl/N-ethyl adjacent to an activating group) is 1. The second kappa shape index (κ2) is 5.19. The predicted octanol–water partition coefficient (Wildman–Crippen LogP) is -0.175. The lowest BCUT2D eigenvalue weighted by Gasteiger charge is -2.31. The largest absolute Gasteiger partial charge is 0.368 e. The average molecular weight is 187 g/mol. The van der Waals surface area contributed by atoms with Gasteiger partial charge < -0.3 is 16.8 Å². The summed E-state index contributed by atoms with van der Waals surface area (Å²) < 4.78 is 0. The molecule has 0 aromatic rings. The van der Waals surface area contributed by atoms with Crippen molar-refractivity contribution in [3.8, 4) is 0 Å². The van der Waals surface area contributed by atoms with E-state index in [9.17, 15) is 4.79 Å². The summed E-state index contributed by atoms with van der Waals surface area (Å²) in [4.78, 5) is 11.1. The highest BCUT2D eigenvalue weighted by molar-refractivity contribution is 5.80. The minimum atomic E-state index is -0.301. The summed E-state index contributed by atoms with van der Waals surface area (Å²) in [7, 11) is 1.75. The quantitative estimate of drug-likeness (QED) is 0.540. The maximum absolute atomic E-state index is 11.1. The highest BCUT2D eigenvalue weighted by Gasteiger charge is 2.31. The summed E-state index contributed by atoms with van der Waals surface area (Å²) in [6.45, 7) is 4.70. The molecular weight excluding hydrogens is 166 g/mol. The van der Waals surface area contributed by atoms with E-state index >= 15 is 0 Å². The molecule has 0 heterocycles. The zero-order valence-corrected chi connectivity index (χ0v) is 8.76. The van der Waals surface area contributed by atoms with Crippen molar-refractivity contribution >= 4 is 5.91 Å². The lowest BCUT2D eigenvalue weighted by Crippen LogP contribution is -2.49. The Kier molecular flexibility index (Phi) is 4.95. The van der Waals surface area contributed by atoms with Crippen molar-refractivity contribution in [1.29, 1.82) is 0 Å². The van der Waals surface area contributed by atoms with E-state index in [-0.39, 0.29) is 17.4 Å². The van der Waals surface area contributed by atoms with Crippen molar-refractivity contribution in [2.75, 3.05) is 13.6 Å². The Balaban J connectivity index is 4.28. The van der Waals surface area contributed by atoms with E-state index in [1.807, 2.05) is 13.8 Å². The number of carbonyl (C=O) groups excluding carboxylic acids is 1. The molecule has 4 heteroatoms. The van der Waals surface area contributed by atoms with Gasteiger partial charge in [-0.15, -0.1) is 0 Å². The monoisotopic (exact) mass is 187 g/mol. The van der Waals surface area contributed by atoms with E-state index in [0.29, 0.717) is 6.54 Å². The number of hydrogen-bond acceptors (Lipinski definition) is 3. The molecule has 78 valence electrons. The summed E-state index contributed by atoms with van der Waals surface area (Å²) in [5.74, 6) is -0.301. The van der Waals surface area contributed by atoms with Crippen LogP contribution in [-0.2, 0) is 4.79 Å². The molecule has 0 unspecified atom stereocenters. The van der Waals surface area contributed by atoms with Gasteiger partial charge in [-0.05, 0) is 31.8 Å². The summed E-state index contributed by atoms with van der Waals surface area (Å²) >= 11 is 0. The van der Waals surface area contributed by atoms with Crippen molar-refractivity contribution in [2.45, 2.75) is 32.7 Å². The Labute approximate surface area is 80.0 Å². The minimum Gasteiger partial charge on any atom is -0.368 e. The molecule has 1 amide bonds. The van der Waals surface area contributed by atoms with Crippen molar-refractivity contribution in [3.63, 3.8) is 0 Å². The van der Waals surface area contributed by atoms with Crippen LogP contribution >= 0.6 is 0 Å². The van der Waals surface area contributed by atoms with Crippen LogP contribution in [0.2, 0.25) is 0 Å². The highest BCUT2D eigenvalue weighted by atomic mass is 16.1. The zero-order valence-electron chi connectivity index (χ0n) is 8.76. The van der Waals surface area contributed by atoms with E-state index < -0.39 is 0 Å². The zero-order chi connectivity index (χ0) is 10.5. The number of primary amides is 1. The van der Waals surface area contributed by atoms with Crippen LogP contribution in [0.25, 0.3) is 0 Å². The summed E-state index contributed by atoms with van der Waals surface area (Å²) in [5, 5.41) is 2.94. The molecule has 4 nitrogen and oxygen atoms in total. The molecular formula is C9H21N3O. The lowest BCUT2D eigenvalue weighted by molar-refractivity contribution is -0.122. The molecule has 1 atom stereocenters. The van der Waals surface area contributed by atoms with E-state index in [1.165, 1.54) is 0 Å². The molecule has 0 aliphatic carbocycles. The molecule has 0 bridgehead atoms. The number of hydrogen-bond donors (Lipinski definition) is 3. The van der Waals surface area contributed by atoms with Gasteiger partial charge in [-0.1, -0.05) is 13.8 Å². The third-order valence-electron chi connectivity index (χ3n) is 2.38. The molecule has 0 aromatic carbocycles. The lowest BCUT2D eigenvalue weighted by atomic mass is 9.80. The topological polar surface area (TPSA) is 81.1 Å². The third kappa shape index (κ3) is 3.74. The first-order valence-corrected chi connectivity index (χ1v) is 4.62. The maximum Gasteiger partial charge on any atom is 0.235 e. The minimum absolute atomic E-state index is 0.125. The van der Waals surface area contributed by atoms with Gasteiger partial charge in [-0.3, -0.25) is 4.79 Å². The number of nitrogens with one attached hydrogen (secondary N) is 1. The molecule has 0 saturated carbocycles. The molecule has 0 aliphatic heterocycles. The summed E-state index contributed by atoms with van der Waals surface area (Å²) in [6, 6.07) is -0.279. The SMILES string of the molecule is CN[C@H](C(N)=O)C(C)(C)CCCN. The Hall–Kier alpha value is -0.610. The number of carbonyl (C=O) groups is 1. The van der Waals surface area contributed by atoms with Gasteiger partial charge in [0.15, 0.2) is 0 Å². The van der Waals surface area contributed by atoms with Gasteiger partial charge in [0, 0.05) is 0 Å². The molecule has 0 rings (SSSR count). The third-order valence-corrected chi connectivity index (χ3v) is 2.38. The molecule has 5 N–H and O–H groups in total. The van der Waals surface area contributed by atoms with Crippen LogP contribution in [0.4, 0.5) is 0 Å². The smallest absolute Gasteiger partial charge is 0.235 e. The second-order valence-corrected chi connectivity index (χ2v) is 4.00. The van der Waals surface area contributed by atoms with Crippen LogP contribution in [0.3, 0.4) is 0 Å². The highest BCUT2D eigenvalue weighted by Crippen LogP contribution is 2.26. The molecule has 0 aliphatic rings. The van der Waals surface area contributed by atoms with Crippen LogP contribution in [0.5, 0.6) is 0 Å². The van der Waals surface area contributed by atoms with Crippen LogP contribution in [0, 0.1) is 5.41 Å². The van der Waals surface area contributed by atoms with E-state index in [4.69, 9.17) is 11.5 Å². The average Bonchev–Trinajstić information content (AvgIpc) is 2.01. The van der Waals surface area contributed by atoms with Crippen LogP contribution < -0.4 is 16.8 Å². The molecule has 0 aromatic heterocycles. The van der Waals surface area contributed by atoms with E-state index in [0.717, 1.165) is 12.8 Å². The normalized spacial score (nSPS) is 14.2. The fourth-order valence-electron chi connectivity index (χ4n) is 1.62. The van der Waals surface area contributed by atoms with Gasteiger partial charge >= 0.3 is 0 Å². The van der Waals surface area contributed by atoms with Crippen molar-refractivity contribution < 1.29 is 4.79 Å². The number of nitrogens with two attached hydrogens (primary N) is 2. The van der Waals surface area contributed by atoms with E-state index in [1.54, 1.807) is 7.05 Å². The Morgan fingerprint density at radius 2 is 2.08 bits per heavy atom.